The van der Waals surface area contributed by atoms with Crippen molar-refractivity contribution in [1.29, 1.82) is 0 Å². The van der Waals surface area contributed by atoms with Gasteiger partial charge in [0.25, 0.3) is 0 Å². The van der Waals surface area contributed by atoms with E-state index in [1.165, 1.54) is 9.88 Å². The average Bonchev–Trinajstić information content (AvgIpc) is 3.18. The van der Waals surface area contributed by atoms with Crippen LogP contribution in [0.1, 0.15) is 34.8 Å². The topological polar surface area (TPSA) is 49.3 Å². The van der Waals surface area contributed by atoms with Crippen molar-refractivity contribution in [2.75, 3.05) is 20.1 Å². The first-order valence-electron chi connectivity index (χ1n) is 7.58. The molecule has 0 saturated carbocycles. The Labute approximate surface area is 140 Å². The van der Waals surface area contributed by atoms with E-state index in [1.807, 2.05) is 14.0 Å². The molecule has 2 rings (SSSR count). The van der Waals surface area contributed by atoms with Crippen LogP contribution in [-0.2, 0) is 6.42 Å². The van der Waals surface area contributed by atoms with Gasteiger partial charge in [-0.1, -0.05) is 13.0 Å². The summed E-state index contributed by atoms with van der Waals surface area (Å²) in [4.78, 5) is 10.2. The van der Waals surface area contributed by atoms with Crippen LogP contribution in [0.5, 0.6) is 0 Å². The second-order valence-corrected chi connectivity index (χ2v) is 7.20. The molecule has 1 unspecified atom stereocenters. The van der Waals surface area contributed by atoms with Crippen LogP contribution in [0.15, 0.2) is 27.9 Å². The lowest BCUT2D eigenvalue weighted by atomic mass is 10.1. The Balaban J connectivity index is 1.65. The van der Waals surface area contributed by atoms with Crippen LogP contribution >= 0.6 is 22.7 Å². The van der Waals surface area contributed by atoms with Crippen molar-refractivity contribution < 1.29 is 0 Å². The van der Waals surface area contributed by atoms with E-state index in [-0.39, 0.29) is 0 Å². The minimum absolute atomic E-state index is 0.497. The predicted molar refractivity (Wildman–Crippen MR) is 97.3 cm³/mol. The SMILES string of the molecule is CN=C(NCCCc1nc(C)cs1)NCC(C)c1cccs1. The fraction of sp³-hybridized carbons (Fsp3) is 0.500. The first kappa shape index (κ1) is 17.0. The molecule has 6 heteroatoms. The van der Waals surface area contributed by atoms with Crippen molar-refractivity contribution in [2.24, 2.45) is 4.99 Å². The number of aliphatic imine (C=N–C) groups is 1. The molecule has 0 aliphatic rings. The Hall–Kier alpha value is -1.40. The van der Waals surface area contributed by atoms with Gasteiger partial charge in [-0.05, 0) is 24.8 Å². The third-order valence-corrected chi connectivity index (χ3v) is 5.48. The summed E-state index contributed by atoms with van der Waals surface area (Å²) in [6.07, 6.45) is 2.09. The van der Waals surface area contributed by atoms with E-state index < -0.39 is 0 Å². The predicted octanol–water partition coefficient (Wildman–Crippen LogP) is 3.41. The van der Waals surface area contributed by atoms with Crippen LogP contribution < -0.4 is 10.6 Å². The van der Waals surface area contributed by atoms with E-state index in [0.29, 0.717) is 5.92 Å². The Bertz CT molecular complexity index is 575. The molecular weight excluding hydrogens is 312 g/mol. The fourth-order valence-corrected chi connectivity index (χ4v) is 3.71. The zero-order valence-corrected chi connectivity index (χ0v) is 15.1. The van der Waals surface area contributed by atoms with Gasteiger partial charge in [0.15, 0.2) is 5.96 Å². The molecule has 2 N–H and O–H groups in total. The number of rotatable bonds is 7. The molecule has 2 aromatic rings. The largest absolute Gasteiger partial charge is 0.356 e. The normalized spacial score (nSPS) is 13.1. The summed E-state index contributed by atoms with van der Waals surface area (Å²) in [5.74, 6) is 1.37. The summed E-state index contributed by atoms with van der Waals surface area (Å²) in [6.45, 7) is 6.08. The van der Waals surface area contributed by atoms with Gasteiger partial charge in [-0.2, -0.15) is 0 Å². The fourth-order valence-electron chi connectivity index (χ4n) is 2.11. The summed E-state index contributed by atoms with van der Waals surface area (Å²) in [5.41, 5.74) is 1.12. The highest BCUT2D eigenvalue weighted by Crippen LogP contribution is 2.19. The molecule has 120 valence electrons. The molecule has 2 aromatic heterocycles. The van der Waals surface area contributed by atoms with E-state index in [1.54, 1.807) is 22.7 Å². The van der Waals surface area contributed by atoms with Crippen LogP contribution in [0.2, 0.25) is 0 Å². The zero-order valence-electron chi connectivity index (χ0n) is 13.4. The average molecular weight is 337 g/mol. The summed E-state index contributed by atoms with van der Waals surface area (Å²) < 4.78 is 0. The molecule has 1 atom stereocenters. The highest BCUT2D eigenvalue weighted by molar-refractivity contribution is 7.10. The van der Waals surface area contributed by atoms with Crippen LogP contribution in [0.25, 0.3) is 0 Å². The molecule has 2 heterocycles. The summed E-state index contributed by atoms with van der Waals surface area (Å²) in [6, 6.07) is 4.28. The van der Waals surface area contributed by atoms with E-state index in [2.05, 4.69) is 50.4 Å². The lowest BCUT2D eigenvalue weighted by Crippen LogP contribution is -2.39. The van der Waals surface area contributed by atoms with Crippen molar-refractivity contribution in [3.05, 3.63) is 38.5 Å². The molecule has 0 aliphatic heterocycles. The van der Waals surface area contributed by atoms with Gasteiger partial charge in [0.1, 0.15) is 0 Å². The maximum Gasteiger partial charge on any atom is 0.190 e. The summed E-state index contributed by atoms with van der Waals surface area (Å²) in [5, 5.41) is 12.2. The monoisotopic (exact) mass is 336 g/mol. The Morgan fingerprint density at radius 3 is 2.86 bits per heavy atom. The summed E-state index contributed by atoms with van der Waals surface area (Å²) in [7, 11) is 1.81. The molecule has 0 bridgehead atoms. The highest BCUT2D eigenvalue weighted by atomic mass is 32.1. The van der Waals surface area contributed by atoms with E-state index in [9.17, 15) is 0 Å². The number of hydrogen-bond acceptors (Lipinski definition) is 4. The second kappa shape index (κ2) is 8.90. The van der Waals surface area contributed by atoms with Gasteiger partial charge in [0, 0.05) is 48.4 Å². The van der Waals surface area contributed by atoms with Gasteiger partial charge in [0.2, 0.25) is 0 Å². The maximum absolute atomic E-state index is 4.48. The number of aromatic nitrogens is 1. The van der Waals surface area contributed by atoms with Crippen molar-refractivity contribution in [2.45, 2.75) is 32.6 Å². The smallest absolute Gasteiger partial charge is 0.190 e. The van der Waals surface area contributed by atoms with Crippen molar-refractivity contribution in [3.8, 4) is 0 Å². The Morgan fingerprint density at radius 1 is 1.36 bits per heavy atom. The molecule has 4 nitrogen and oxygen atoms in total. The molecule has 0 radical (unpaired) electrons. The molecule has 0 fully saturated rings. The number of nitrogens with one attached hydrogen (secondary N) is 2. The van der Waals surface area contributed by atoms with Crippen LogP contribution in [0.4, 0.5) is 0 Å². The lowest BCUT2D eigenvalue weighted by Gasteiger charge is -2.15. The first-order chi connectivity index (χ1) is 10.7. The second-order valence-electron chi connectivity index (χ2n) is 5.28. The van der Waals surface area contributed by atoms with Crippen molar-refractivity contribution in [1.82, 2.24) is 15.6 Å². The molecule has 22 heavy (non-hydrogen) atoms. The van der Waals surface area contributed by atoms with E-state index >= 15 is 0 Å². The molecular formula is C16H24N4S2. The lowest BCUT2D eigenvalue weighted by molar-refractivity contribution is 0.694. The standard InChI is InChI=1S/C16H24N4S2/c1-12(14-6-5-9-21-14)10-19-16(17-3)18-8-4-7-15-20-13(2)11-22-15/h5-6,9,11-12H,4,7-8,10H2,1-3H3,(H2,17,18,19). The Kier molecular flexibility index (Phi) is 6.86. The molecule has 0 aromatic carbocycles. The minimum Gasteiger partial charge on any atom is -0.356 e. The van der Waals surface area contributed by atoms with Crippen LogP contribution in [0, 0.1) is 6.92 Å². The number of aryl methyl sites for hydroxylation is 2. The number of hydrogen-bond donors (Lipinski definition) is 2. The van der Waals surface area contributed by atoms with Gasteiger partial charge in [0.05, 0.1) is 5.01 Å². The first-order valence-corrected chi connectivity index (χ1v) is 9.34. The van der Waals surface area contributed by atoms with Gasteiger partial charge < -0.3 is 10.6 Å². The molecule has 0 saturated heterocycles. The Morgan fingerprint density at radius 2 is 2.23 bits per heavy atom. The zero-order chi connectivity index (χ0) is 15.8. The number of nitrogens with zero attached hydrogens (tertiary/aromatic N) is 2. The van der Waals surface area contributed by atoms with Crippen LogP contribution in [0.3, 0.4) is 0 Å². The third kappa shape index (κ3) is 5.42. The summed E-state index contributed by atoms with van der Waals surface area (Å²) >= 11 is 3.55. The highest BCUT2D eigenvalue weighted by Gasteiger charge is 2.07. The number of thiazole rings is 1. The number of thiophene rings is 1. The van der Waals surface area contributed by atoms with Gasteiger partial charge >= 0.3 is 0 Å². The van der Waals surface area contributed by atoms with E-state index in [0.717, 1.165) is 37.6 Å². The third-order valence-electron chi connectivity index (χ3n) is 3.35. The quantitative estimate of drug-likeness (QED) is 0.463. The number of guanidine groups is 1. The molecule has 0 spiro atoms. The van der Waals surface area contributed by atoms with E-state index in [4.69, 9.17) is 0 Å². The van der Waals surface area contributed by atoms with Crippen LogP contribution in [-0.4, -0.2) is 31.1 Å². The molecule has 0 amide bonds. The van der Waals surface area contributed by atoms with Crippen molar-refractivity contribution in [3.63, 3.8) is 0 Å². The van der Waals surface area contributed by atoms with Gasteiger partial charge in [-0.3, -0.25) is 4.99 Å². The molecule has 0 aliphatic carbocycles. The minimum atomic E-state index is 0.497. The van der Waals surface area contributed by atoms with Gasteiger partial charge in [-0.15, -0.1) is 22.7 Å². The maximum atomic E-state index is 4.48. The van der Waals surface area contributed by atoms with Gasteiger partial charge in [-0.25, -0.2) is 4.98 Å². The van der Waals surface area contributed by atoms with Crippen molar-refractivity contribution >= 4 is 28.6 Å².